The molecule has 0 aromatic heterocycles. The monoisotopic (exact) mass is 328 g/mol. The van der Waals surface area contributed by atoms with Crippen LogP contribution in [0.15, 0.2) is 60.7 Å². The molecule has 0 saturated heterocycles. The van der Waals surface area contributed by atoms with Crippen LogP contribution >= 0.6 is 0 Å². The molecule has 0 heterocycles. The second-order valence-electron chi connectivity index (χ2n) is 5.73. The Morgan fingerprint density at radius 3 is 1.83 bits per heavy atom. The number of hydrogen-bond acceptors (Lipinski definition) is 2. The van der Waals surface area contributed by atoms with E-state index in [9.17, 15) is 4.79 Å². The number of carboxylic acid groups (broad SMARTS) is 1. The van der Waals surface area contributed by atoms with Crippen molar-refractivity contribution < 1.29 is 14.6 Å². The average Bonchev–Trinajstić information content (AvgIpc) is 2.64. The van der Waals surface area contributed by atoms with Crippen molar-refractivity contribution in [3.05, 3.63) is 60.7 Å². The summed E-state index contributed by atoms with van der Waals surface area (Å²) < 4.78 is 4.51. The molecule has 0 aliphatic rings. The van der Waals surface area contributed by atoms with Crippen LogP contribution in [0.1, 0.15) is 39.5 Å². The Morgan fingerprint density at radius 2 is 1.46 bits per heavy atom. The zero-order chi connectivity index (χ0) is 17.6. The molecule has 0 saturated carbocycles. The topological polar surface area (TPSA) is 46.5 Å². The van der Waals surface area contributed by atoms with Crippen molar-refractivity contribution in [2.24, 2.45) is 5.92 Å². The number of rotatable bonds is 7. The number of unbranched alkanes of at least 4 members (excludes halogenated alkanes) is 1. The Kier molecular flexibility index (Phi) is 10.0. The van der Waals surface area contributed by atoms with E-state index in [2.05, 4.69) is 67.1 Å². The van der Waals surface area contributed by atoms with Gasteiger partial charge in [0.1, 0.15) is 0 Å². The first-order valence-electron chi connectivity index (χ1n) is 8.63. The molecule has 0 aliphatic heterocycles. The minimum atomic E-state index is -1.16. The van der Waals surface area contributed by atoms with Gasteiger partial charge in [0, 0.05) is 0 Å². The lowest BCUT2D eigenvalue weighted by Gasteiger charge is -2.12. The predicted octanol–water partition coefficient (Wildman–Crippen LogP) is 6.25. The minimum absolute atomic E-state index is 0.353. The van der Waals surface area contributed by atoms with E-state index in [1.807, 2.05) is 12.1 Å². The van der Waals surface area contributed by atoms with Gasteiger partial charge in [-0.25, -0.2) is 4.79 Å². The summed E-state index contributed by atoms with van der Waals surface area (Å²) in [5, 5.41) is 8.26. The molecule has 3 nitrogen and oxygen atoms in total. The summed E-state index contributed by atoms with van der Waals surface area (Å²) in [6, 6.07) is 20.8. The Morgan fingerprint density at radius 1 is 0.958 bits per heavy atom. The Labute approximate surface area is 145 Å². The van der Waals surface area contributed by atoms with Crippen molar-refractivity contribution in [3.8, 4) is 11.1 Å². The van der Waals surface area contributed by atoms with Gasteiger partial charge in [-0.3, -0.25) is 0 Å². The molecular formula is C21H28O3. The molecule has 0 bridgehead atoms. The normalized spacial score (nSPS) is 11.1. The zero-order valence-corrected chi connectivity index (χ0v) is 14.7. The summed E-state index contributed by atoms with van der Waals surface area (Å²) in [7, 11) is 0. The van der Waals surface area contributed by atoms with E-state index in [-0.39, 0.29) is 0 Å². The largest absolute Gasteiger partial charge is 0.505 e. The maximum absolute atomic E-state index is 10.1. The Bertz CT molecular complexity index is 514. The standard InChI is InChI=1S/C12H10.C9H18O3/c1-3-7-11(8-4-1)12-9-5-2-6-10-12;1-3-5-6-8(4-2)7-12-9(10)11/h1-10H;8H,3-7H2,1-2H3,(H,10,11). The van der Waals surface area contributed by atoms with Gasteiger partial charge in [0.15, 0.2) is 0 Å². The maximum Gasteiger partial charge on any atom is 0.505 e. The van der Waals surface area contributed by atoms with E-state index in [4.69, 9.17) is 5.11 Å². The average molecular weight is 328 g/mol. The highest BCUT2D eigenvalue weighted by Crippen LogP contribution is 2.17. The Hall–Kier alpha value is -2.29. The molecule has 2 rings (SSSR count). The van der Waals surface area contributed by atoms with Crippen LogP contribution in [0.2, 0.25) is 0 Å². The van der Waals surface area contributed by atoms with Gasteiger partial charge in [-0.2, -0.15) is 0 Å². The molecule has 1 N–H and O–H groups in total. The summed E-state index contributed by atoms with van der Waals surface area (Å²) in [4.78, 5) is 10.1. The van der Waals surface area contributed by atoms with Crippen molar-refractivity contribution in [2.45, 2.75) is 39.5 Å². The summed E-state index contributed by atoms with van der Waals surface area (Å²) in [5.74, 6) is 0.404. The van der Waals surface area contributed by atoms with Gasteiger partial charge >= 0.3 is 6.16 Å². The number of benzene rings is 2. The summed E-state index contributed by atoms with van der Waals surface area (Å²) in [6.45, 7) is 4.54. The number of hydrogen-bond donors (Lipinski definition) is 1. The second-order valence-corrected chi connectivity index (χ2v) is 5.73. The number of ether oxygens (including phenoxy) is 1. The highest BCUT2D eigenvalue weighted by atomic mass is 16.7. The molecule has 0 amide bonds. The fourth-order valence-electron chi connectivity index (χ4n) is 2.35. The molecule has 2 aromatic carbocycles. The summed E-state index contributed by atoms with van der Waals surface area (Å²) in [6.07, 6.45) is 3.21. The quantitative estimate of drug-likeness (QED) is 0.611. The lowest BCUT2D eigenvalue weighted by atomic mass is 10.0. The number of carbonyl (C=O) groups is 1. The maximum atomic E-state index is 10.1. The van der Waals surface area contributed by atoms with E-state index in [0.717, 1.165) is 25.7 Å². The third kappa shape index (κ3) is 8.37. The van der Waals surface area contributed by atoms with E-state index in [1.54, 1.807) is 0 Å². The third-order valence-corrected chi connectivity index (χ3v) is 3.87. The predicted molar refractivity (Wildman–Crippen MR) is 99.2 cm³/mol. The summed E-state index contributed by atoms with van der Waals surface area (Å²) >= 11 is 0. The van der Waals surface area contributed by atoms with Crippen molar-refractivity contribution in [2.75, 3.05) is 6.61 Å². The van der Waals surface area contributed by atoms with Crippen LogP contribution in [-0.4, -0.2) is 17.9 Å². The molecule has 1 atom stereocenters. The van der Waals surface area contributed by atoms with Crippen molar-refractivity contribution in [1.29, 1.82) is 0 Å². The van der Waals surface area contributed by atoms with Crippen LogP contribution in [0.3, 0.4) is 0 Å². The van der Waals surface area contributed by atoms with Crippen molar-refractivity contribution >= 4 is 6.16 Å². The van der Waals surface area contributed by atoms with E-state index in [1.165, 1.54) is 11.1 Å². The molecule has 130 valence electrons. The van der Waals surface area contributed by atoms with Gasteiger partial charge in [-0.05, 0) is 23.5 Å². The van der Waals surface area contributed by atoms with E-state index in [0.29, 0.717) is 12.5 Å². The van der Waals surface area contributed by atoms with Crippen LogP contribution in [0.5, 0.6) is 0 Å². The van der Waals surface area contributed by atoms with E-state index >= 15 is 0 Å². The molecule has 0 radical (unpaired) electrons. The fraction of sp³-hybridized carbons (Fsp3) is 0.381. The van der Waals surface area contributed by atoms with Crippen molar-refractivity contribution in [1.82, 2.24) is 0 Å². The highest BCUT2D eigenvalue weighted by molar-refractivity contribution is 5.62. The fourth-order valence-corrected chi connectivity index (χ4v) is 2.35. The lowest BCUT2D eigenvalue weighted by Crippen LogP contribution is -2.11. The first-order valence-corrected chi connectivity index (χ1v) is 8.63. The van der Waals surface area contributed by atoms with Gasteiger partial charge in [0.05, 0.1) is 6.61 Å². The molecule has 0 spiro atoms. The molecule has 24 heavy (non-hydrogen) atoms. The molecule has 0 fully saturated rings. The van der Waals surface area contributed by atoms with Gasteiger partial charge in [-0.15, -0.1) is 0 Å². The van der Waals surface area contributed by atoms with Gasteiger partial charge in [0.25, 0.3) is 0 Å². The summed E-state index contributed by atoms with van der Waals surface area (Å²) in [5.41, 5.74) is 2.55. The van der Waals surface area contributed by atoms with Crippen molar-refractivity contribution in [3.63, 3.8) is 0 Å². The molecule has 3 heteroatoms. The molecule has 1 unspecified atom stereocenters. The van der Waals surface area contributed by atoms with Gasteiger partial charge in [0.2, 0.25) is 0 Å². The van der Waals surface area contributed by atoms with Gasteiger partial charge < -0.3 is 9.84 Å². The van der Waals surface area contributed by atoms with Crippen LogP contribution in [0.4, 0.5) is 4.79 Å². The molecule has 0 aliphatic carbocycles. The lowest BCUT2D eigenvalue weighted by molar-refractivity contribution is 0.0744. The molecule has 2 aromatic rings. The first kappa shape index (κ1) is 19.8. The Balaban J connectivity index is 0.000000240. The first-order chi connectivity index (χ1) is 11.7. The van der Waals surface area contributed by atoms with Gasteiger partial charge in [-0.1, -0.05) is 93.8 Å². The van der Waals surface area contributed by atoms with Crippen LogP contribution in [0.25, 0.3) is 11.1 Å². The van der Waals surface area contributed by atoms with Crippen LogP contribution in [0, 0.1) is 5.92 Å². The molecular weight excluding hydrogens is 300 g/mol. The van der Waals surface area contributed by atoms with Crippen LogP contribution < -0.4 is 0 Å². The highest BCUT2D eigenvalue weighted by Gasteiger charge is 2.08. The van der Waals surface area contributed by atoms with Crippen LogP contribution in [-0.2, 0) is 4.74 Å². The second kappa shape index (κ2) is 12.2. The smallest absolute Gasteiger partial charge is 0.450 e. The minimum Gasteiger partial charge on any atom is -0.450 e. The third-order valence-electron chi connectivity index (χ3n) is 3.87. The van der Waals surface area contributed by atoms with E-state index < -0.39 is 6.16 Å². The SMILES string of the molecule is CCCCC(CC)COC(=O)O.c1ccc(-c2ccccc2)cc1. The zero-order valence-electron chi connectivity index (χ0n) is 14.7.